The molecule has 2 aromatic rings. The molecule has 2 aliphatic heterocycles. The summed E-state index contributed by atoms with van der Waals surface area (Å²) in [5, 5.41) is 9.65. The van der Waals surface area contributed by atoms with Crippen LogP contribution in [-0.4, -0.2) is 55.3 Å². The van der Waals surface area contributed by atoms with Crippen molar-refractivity contribution in [1.29, 1.82) is 0 Å². The largest absolute Gasteiger partial charge is 0.394 e. The van der Waals surface area contributed by atoms with Crippen LogP contribution in [0.25, 0.3) is 11.2 Å². The van der Waals surface area contributed by atoms with Gasteiger partial charge in [0, 0.05) is 6.42 Å². The number of nitrogen functional groups attached to an aromatic ring is 1. The van der Waals surface area contributed by atoms with Gasteiger partial charge < -0.3 is 25.1 Å². The summed E-state index contributed by atoms with van der Waals surface area (Å²) in [6.07, 6.45) is 0.390. The van der Waals surface area contributed by atoms with Gasteiger partial charge in [-0.1, -0.05) is 6.92 Å². The van der Waals surface area contributed by atoms with E-state index in [1.165, 1.54) is 6.33 Å². The minimum atomic E-state index is -0.735. The molecule has 9 nitrogen and oxygen atoms in total. The summed E-state index contributed by atoms with van der Waals surface area (Å²) in [5.74, 6) is 0.361. The maximum absolute atomic E-state index is 9.65. The first-order chi connectivity index (χ1) is 11.4. The Hall–Kier alpha value is -1.81. The third kappa shape index (κ3) is 2.20. The predicted octanol–water partition coefficient (Wildman–Crippen LogP) is 0.381. The second-order valence-corrected chi connectivity index (χ2v) is 6.50. The molecule has 9 heteroatoms. The number of hydrogen-bond donors (Lipinski definition) is 2. The zero-order valence-corrected chi connectivity index (χ0v) is 13.8. The molecule has 3 N–H and O–H groups in total. The number of aryl methyl sites for hydroxylation is 1. The van der Waals surface area contributed by atoms with Gasteiger partial charge in [-0.05, 0) is 13.8 Å². The lowest BCUT2D eigenvalue weighted by molar-refractivity contribution is -0.200. The number of aliphatic hydroxyl groups is 1. The van der Waals surface area contributed by atoms with E-state index in [0.29, 0.717) is 23.4 Å². The van der Waals surface area contributed by atoms with Crippen molar-refractivity contribution in [1.82, 2.24) is 19.5 Å². The van der Waals surface area contributed by atoms with E-state index < -0.39 is 18.1 Å². The van der Waals surface area contributed by atoms with Crippen molar-refractivity contribution >= 4 is 17.0 Å². The number of hydrogen-bond acceptors (Lipinski definition) is 8. The van der Waals surface area contributed by atoms with E-state index in [-0.39, 0.29) is 18.8 Å². The molecular weight excluding hydrogens is 314 g/mol. The first kappa shape index (κ1) is 15.7. The monoisotopic (exact) mass is 335 g/mol. The van der Waals surface area contributed by atoms with E-state index in [1.807, 2.05) is 25.3 Å². The molecule has 2 saturated heterocycles. The Kier molecular flexibility index (Phi) is 3.50. The van der Waals surface area contributed by atoms with Crippen molar-refractivity contribution in [3.8, 4) is 0 Å². The zero-order valence-electron chi connectivity index (χ0n) is 13.8. The minimum Gasteiger partial charge on any atom is -0.394 e. The Bertz CT molecular complexity index is 777. The van der Waals surface area contributed by atoms with E-state index >= 15 is 0 Å². The first-order valence-electron chi connectivity index (χ1n) is 8.04. The number of aromatic nitrogens is 4. The standard InChI is InChI=1S/C15H21N5O4/c1-4-8-19-9-12(16)17-6-18-13(9)20(8)14-11-10(7(5-21)22-14)23-15(2,3)24-11/h6-7,10-11,14,21H,4-5H2,1-3H3,(H2,16,17,18)/t7-,10-,11-,14-/m1/s1. The Balaban J connectivity index is 1.84. The van der Waals surface area contributed by atoms with Crippen LogP contribution in [0.4, 0.5) is 5.82 Å². The summed E-state index contributed by atoms with van der Waals surface area (Å²) in [4.78, 5) is 12.9. The summed E-state index contributed by atoms with van der Waals surface area (Å²) in [5.41, 5.74) is 7.07. The third-order valence-electron chi connectivity index (χ3n) is 4.45. The molecule has 0 aliphatic carbocycles. The molecule has 4 rings (SSSR count). The molecule has 2 aromatic heterocycles. The minimum absolute atomic E-state index is 0.150. The molecule has 0 aromatic carbocycles. The Morgan fingerprint density at radius 3 is 2.75 bits per heavy atom. The Morgan fingerprint density at radius 2 is 2.04 bits per heavy atom. The maximum atomic E-state index is 9.65. The number of aliphatic hydroxyl groups excluding tert-OH is 1. The van der Waals surface area contributed by atoms with Gasteiger partial charge in [0.2, 0.25) is 0 Å². The summed E-state index contributed by atoms with van der Waals surface area (Å²) in [7, 11) is 0. The summed E-state index contributed by atoms with van der Waals surface area (Å²) in [6.45, 7) is 5.54. The highest BCUT2D eigenvalue weighted by molar-refractivity contribution is 5.81. The van der Waals surface area contributed by atoms with Crippen LogP contribution in [0.1, 0.15) is 32.8 Å². The number of imidazole rings is 1. The molecule has 130 valence electrons. The van der Waals surface area contributed by atoms with Crippen molar-refractivity contribution in [3.05, 3.63) is 12.2 Å². The Morgan fingerprint density at radius 1 is 1.29 bits per heavy atom. The smallest absolute Gasteiger partial charge is 0.167 e. The number of anilines is 1. The second kappa shape index (κ2) is 5.35. The summed E-state index contributed by atoms with van der Waals surface area (Å²) in [6, 6.07) is 0. The van der Waals surface area contributed by atoms with Crippen LogP contribution in [0.15, 0.2) is 6.33 Å². The average molecular weight is 335 g/mol. The van der Waals surface area contributed by atoms with Crippen LogP contribution < -0.4 is 5.73 Å². The van der Waals surface area contributed by atoms with Gasteiger partial charge in [-0.25, -0.2) is 15.0 Å². The lowest BCUT2D eigenvalue weighted by atomic mass is 10.1. The van der Waals surface area contributed by atoms with Crippen LogP contribution in [0.5, 0.6) is 0 Å². The normalized spacial score (nSPS) is 31.7. The quantitative estimate of drug-likeness (QED) is 0.826. The van der Waals surface area contributed by atoms with Crippen molar-refractivity contribution in [3.63, 3.8) is 0 Å². The molecule has 2 fully saturated rings. The molecule has 0 spiro atoms. The molecule has 0 bridgehead atoms. The van der Waals surface area contributed by atoms with Gasteiger partial charge >= 0.3 is 0 Å². The van der Waals surface area contributed by atoms with Crippen molar-refractivity contribution < 1.29 is 19.3 Å². The fraction of sp³-hybridized carbons (Fsp3) is 0.667. The molecule has 0 amide bonds. The number of nitrogens with two attached hydrogens (primary N) is 1. The van der Waals surface area contributed by atoms with Gasteiger partial charge in [0.1, 0.15) is 30.5 Å². The molecule has 0 unspecified atom stereocenters. The van der Waals surface area contributed by atoms with Crippen LogP contribution in [-0.2, 0) is 20.6 Å². The third-order valence-corrected chi connectivity index (χ3v) is 4.45. The van der Waals surface area contributed by atoms with E-state index in [9.17, 15) is 5.11 Å². The van der Waals surface area contributed by atoms with Crippen molar-refractivity contribution in [2.45, 2.75) is 57.5 Å². The lowest BCUT2D eigenvalue weighted by Crippen LogP contribution is -2.31. The van der Waals surface area contributed by atoms with Gasteiger partial charge in [0.05, 0.1) is 6.61 Å². The molecular formula is C15H21N5O4. The highest BCUT2D eigenvalue weighted by Gasteiger charge is 2.56. The molecule has 0 saturated carbocycles. The van der Waals surface area contributed by atoms with Crippen LogP contribution in [0, 0.1) is 0 Å². The summed E-state index contributed by atoms with van der Waals surface area (Å²) >= 11 is 0. The van der Waals surface area contributed by atoms with Crippen molar-refractivity contribution in [2.75, 3.05) is 12.3 Å². The van der Waals surface area contributed by atoms with E-state index in [0.717, 1.165) is 5.82 Å². The van der Waals surface area contributed by atoms with E-state index in [2.05, 4.69) is 15.0 Å². The fourth-order valence-electron chi connectivity index (χ4n) is 3.50. The highest BCUT2D eigenvalue weighted by Crippen LogP contribution is 2.44. The second-order valence-electron chi connectivity index (χ2n) is 6.50. The van der Waals surface area contributed by atoms with Crippen LogP contribution >= 0.6 is 0 Å². The molecule has 4 atom stereocenters. The van der Waals surface area contributed by atoms with Gasteiger partial charge in [-0.15, -0.1) is 0 Å². The topological polar surface area (TPSA) is 118 Å². The van der Waals surface area contributed by atoms with Crippen LogP contribution in [0.3, 0.4) is 0 Å². The van der Waals surface area contributed by atoms with Crippen molar-refractivity contribution in [2.24, 2.45) is 0 Å². The predicted molar refractivity (Wildman–Crippen MR) is 83.9 cm³/mol. The molecule has 0 radical (unpaired) electrons. The Labute approximate surface area is 138 Å². The zero-order chi connectivity index (χ0) is 17.1. The van der Waals surface area contributed by atoms with Gasteiger partial charge in [-0.3, -0.25) is 4.57 Å². The maximum Gasteiger partial charge on any atom is 0.167 e. The van der Waals surface area contributed by atoms with E-state index in [4.69, 9.17) is 19.9 Å². The molecule has 24 heavy (non-hydrogen) atoms. The number of rotatable bonds is 3. The molecule has 2 aliphatic rings. The fourth-order valence-corrected chi connectivity index (χ4v) is 3.50. The van der Waals surface area contributed by atoms with Crippen LogP contribution in [0.2, 0.25) is 0 Å². The number of ether oxygens (including phenoxy) is 3. The molecule has 4 heterocycles. The number of fused-ring (bicyclic) bond motifs is 2. The highest BCUT2D eigenvalue weighted by atomic mass is 16.8. The van der Waals surface area contributed by atoms with Gasteiger partial charge in [0.15, 0.2) is 29.0 Å². The number of nitrogens with zero attached hydrogens (tertiary/aromatic N) is 4. The first-order valence-corrected chi connectivity index (χ1v) is 8.04. The van der Waals surface area contributed by atoms with E-state index in [1.54, 1.807) is 0 Å². The van der Waals surface area contributed by atoms with Gasteiger partial charge in [0.25, 0.3) is 0 Å². The lowest BCUT2D eigenvalue weighted by Gasteiger charge is -2.25. The average Bonchev–Trinajstić information content (AvgIpc) is 3.16. The SMILES string of the molecule is CCc1nc2c(N)ncnc2n1[C@@H]1O[C@H](CO)[C@H]2OC(C)(C)O[C@H]21. The summed E-state index contributed by atoms with van der Waals surface area (Å²) < 4.78 is 19.9. The van der Waals surface area contributed by atoms with Gasteiger partial charge in [-0.2, -0.15) is 0 Å².